The number of carbonyl (C=O) groups is 1. The number of amides is 1. The molecule has 2 nitrogen and oxygen atoms in total. The average molecular weight is 181 g/mol. The number of hydrogen-bond donors (Lipinski definition) is 1. The lowest BCUT2D eigenvalue weighted by Gasteiger charge is -2.02. The van der Waals surface area contributed by atoms with Gasteiger partial charge in [-0.05, 0) is 6.07 Å². The lowest BCUT2D eigenvalue weighted by atomic mass is 10.2. The van der Waals surface area contributed by atoms with E-state index in [1.165, 1.54) is 0 Å². The fourth-order valence-electron chi connectivity index (χ4n) is 0.849. The molecule has 0 radical (unpaired) electrons. The Bertz CT molecular complexity index is 382. The van der Waals surface area contributed by atoms with Crippen LogP contribution >= 0.6 is 0 Å². The number of rotatable bonds is 2. The van der Waals surface area contributed by atoms with E-state index >= 15 is 0 Å². The van der Waals surface area contributed by atoms with E-state index in [0.29, 0.717) is 6.41 Å². The predicted octanol–water partition coefficient (Wildman–Crippen LogP) is 1.51. The first-order valence-electron chi connectivity index (χ1n) is 3.35. The minimum Gasteiger partial charge on any atom is -0.328 e. The van der Waals surface area contributed by atoms with Crippen LogP contribution in [0.25, 0.3) is 0 Å². The Morgan fingerprint density at radius 1 is 1.38 bits per heavy atom. The molecule has 0 saturated heterocycles. The molecule has 13 heavy (non-hydrogen) atoms. The Morgan fingerprint density at radius 3 is 2.54 bits per heavy atom. The van der Waals surface area contributed by atoms with E-state index < -0.39 is 11.6 Å². The lowest BCUT2D eigenvalue weighted by Crippen LogP contribution is -1.99. The van der Waals surface area contributed by atoms with Crippen molar-refractivity contribution in [3.8, 4) is 12.3 Å². The molecule has 0 atom stereocenters. The van der Waals surface area contributed by atoms with E-state index in [1.54, 1.807) is 0 Å². The van der Waals surface area contributed by atoms with Crippen molar-refractivity contribution in [2.75, 3.05) is 5.32 Å². The van der Waals surface area contributed by atoms with Crippen molar-refractivity contribution in [1.29, 1.82) is 0 Å². The smallest absolute Gasteiger partial charge is 0.211 e. The maximum absolute atomic E-state index is 12.6. The number of benzene rings is 1. The monoisotopic (exact) mass is 181 g/mol. The maximum Gasteiger partial charge on any atom is 0.211 e. The number of terminal acetylenes is 1. The number of anilines is 1. The Kier molecular flexibility index (Phi) is 2.60. The Balaban J connectivity index is 3.26. The van der Waals surface area contributed by atoms with Gasteiger partial charge in [-0.1, -0.05) is 5.92 Å². The summed E-state index contributed by atoms with van der Waals surface area (Å²) in [5, 5.41) is 2.17. The first-order chi connectivity index (χ1) is 6.19. The second-order valence-corrected chi connectivity index (χ2v) is 2.22. The van der Waals surface area contributed by atoms with Gasteiger partial charge in [0.05, 0.1) is 11.3 Å². The summed E-state index contributed by atoms with van der Waals surface area (Å²) in [6, 6.07) is 1.68. The molecule has 0 aliphatic carbocycles. The van der Waals surface area contributed by atoms with Crippen LogP contribution in [0, 0.1) is 24.0 Å². The van der Waals surface area contributed by atoms with E-state index in [4.69, 9.17) is 6.42 Å². The third-order valence-electron chi connectivity index (χ3n) is 1.43. The minimum atomic E-state index is -1.05. The van der Waals surface area contributed by atoms with Crippen LogP contribution in [0.15, 0.2) is 12.1 Å². The van der Waals surface area contributed by atoms with Gasteiger partial charge in [0.1, 0.15) is 0 Å². The average Bonchev–Trinajstić information content (AvgIpc) is 2.11. The zero-order valence-corrected chi connectivity index (χ0v) is 6.47. The SMILES string of the molecule is C#Cc1cc(F)c(F)cc1NC=O. The molecule has 0 heterocycles. The normalized spacial score (nSPS) is 9.00. The van der Waals surface area contributed by atoms with Crippen molar-refractivity contribution in [3.05, 3.63) is 29.3 Å². The zero-order chi connectivity index (χ0) is 9.84. The van der Waals surface area contributed by atoms with Crippen molar-refractivity contribution >= 4 is 12.1 Å². The summed E-state index contributed by atoms with van der Waals surface area (Å²) < 4.78 is 25.2. The summed E-state index contributed by atoms with van der Waals surface area (Å²) in [5.41, 5.74) is 0.183. The molecule has 1 aromatic rings. The molecule has 1 aromatic carbocycles. The van der Waals surface area contributed by atoms with Crippen LogP contribution in [0.1, 0.15) is 5.56 Å². The van der Waals surface area contributed by atoms with Gasteiger partial charge in [0.25, 0.3) is 0 Å². The van der Waals surface area contributed by atoms with Crippen LogP contribution < -0.4 is 5.32 Å². The third kappa shape index (κ3) is 1.82. The molecule has 0 spiro atoms. The van der Waals surface area contributed by atoms with Crippen LogP contribution in [0.3, 0.4) is 0 Å². The molecule has 1 N–H and O–H groups in total. The highest BCUT2D eigenvalue weighted by atomic mass is 19.2. The molecular formula is C9H5F2NO. The van der Waals surface area contributed by atoms with Gasteiger partial charge >= 0.3 is 0 Å². The molecule has 1 amide bonds. The van der Waals surface area contributed by atoms with Gasteiger partial charge in [-0.3, -0.25) is 4.79 Å². The van der Waals surface area contributed by atoms with Gasteiger partial charge in [0.2, 0.25) is 6.41 Å². The molecule has 0 aliphatic rings. The van der Waals surface area contributed by atoms with Crippen LogP contribution in [0.2, 0.25) is 0 Å². The topological polar surface area (TPSA) is 29.1 Å². The van der Waals surface area contributed by atoms with E-state index in [-0.39, 0.29) is 11.3 Å². The van der Waals surface area contributed by atoms with Crippen molar-refractivity contribution in [3.63, 3.8) is 0 Å². The van der Waals surface area contributed by atoms with Gasteiger partial charge < -0.3 is 5.32 Å². The molecule has 0 unspecified atom stereocenters. The van der Waals surface area contributed by atoms with Gasteiger partial charge in [-0.15, -0.1) is 6.42 Å². The first-order valence-corrected chi connectivity index (χ1v) is 3.35. The second kappa shape index (κ2) is 3.68. The van der Waals surface area contributed by atoms with Crippen molar-refractivity contribution in [2.45, 2.75) is 0 Å². The maximum atomic E-state index is 12.6. The van der Waals surface area contributed by atoms with E-state index in [0.717, 1.165) is 12.1 Å². The molecule has 1 rings (SSSR count). The highest BCUT2D eigenvalue weighted by molar-refractivity contribution is 5.75. The summed E-state index contributed by atoms with van der Waals surface area (Å²) in [6.07, 6.45) is 5.35. The van der Waals surface area contributed by atoms with E-state index in [9.17, 15) is 13.6 Å². The summed E-state index contributed by atoms with van der Waals surface area (Å²) >= 11 is 0. The first kappa shape index (κ1) is 9.20. The van der Waals surface area contributed by atoms with Crippen molar-refractivity contribution < 1.29 is 13.6 Å². The number of hydrogen-bond acceptors (Lipinski definition) is 1. The number of carbonyl (C=O) groups excluding carboxylic acids is 1. The van der Waals surface area contributed by atoms with E-state index in [1.807, 2.05) is 0 Å². The fourth-order valence-corrected chi connectivity index (χ4v) is 0.849. The van der Waals surface area contributed by atoms with Gasteiger partial charge in [-0.25, -0.2) is 8.78 Å². The Hall–Kier alpha value is -1.89. The molecule has 0 saturated carbocycles. The minimum absolute atomic E-state index is 0.0800. The lowest BCUT2D eigenvalue weighted by molar-refractivity contribution is -0.105. The Labute approximate surface area is 73.6 Å². The van der Waals surface area contributed by atoms with Crippen LogP contribution in [0.4, 0.5) is 14.5 Å². The molecule has 0 fully saturated rings. The predicted molar refractivity (Wildman–Crippen MR) is 44.0 cm³/mol. The molecule has 0 aliphatic heterocycles. The van der Waals surface area contributed by atoms with Crippen LogP contribution in [0.5, 0.6) is 0 Å². The van der Waals surface area contributed by atoms with Gasteiger partial charge in [-0.2, -0.15) is 0 Å². The van der Waals surface area contributed by atoms with Crippen LogP contribution in [-0.2, 0) is 4.79 Å². The van der Waals surface area contributed by atoms with Crippen LogP contribution in [-0.4, -0.2) is 6.41 Å². The fraction of sp³-hybridized carbons (Fsp3) is 0. The number of nitrogens with one attached hydrogen (secondary N) is 1. The highest BCUT2D eigenvalue weighted by Gasteiger charge is 2.07. The summed E-state index contributed by atoms with van der Waals surface area (Å²) in [5.74, 6) is 0.0303. The Morgan fingerprint density at radius 2 is 2.00 bits per heavy atom. The van der Waals surface area contributed by atoms with Gasteiger partial charge in [0.15, 0.2) is 11.6 Å². The zero-order valence-electron chi connectivity index (χ0n) is 6.47. The molecule has 0 aromatic heterocycles. The van der Waals surface area contributed by atoms with E-state index in [2.05, 4.69) is 11.2 Å². The molecule has 4 heteroatoms. The number of halogens is 2. The second-order valence-electron chi connectivity index (χ2n) is 2.22. The molecule has 66 valence electrons. The van der Waals surface area contributed by atoms with Gasteiger partial charge in [0, 0.05) is 6.07 Å². The summed E-state index contributed by atoms with van der Waals surface area (Å²) in [4.78, 5) is 10.0. The van der Waals surface area contributed by atoms with Crippen molar-refractivity contribution in [1.82, 2.24) is 0 Å². The largest absolute Gasteiger partial charge is 0.328 e. The molecular weight excluding hydrogens is 176 g/mol. The summed E-state index contributed by atoms with van der Waals surface area (Å²) in [6.45, 7) is 0. The quantitative estimate of drug-likeness (QED) is 0.543. The van der Waals surface area contributed by atoms with Crippen molar-refractivity contribution in [2.24, 2.45) is 0 Å². The third-order valence-corrected chi connectivity index (χ3v) is 1.43. The summed E-state index contributed by atoms with van der Waals surface area (Å²) in [7, 11) is 0. The highest BCUT2D eigenvalue weighted by Crippen LogP contribution is 2.18. The standard InChI is InChI=1S/C9H5F2NO/c1-2-6-3-7(10)8(11)4-9(6)12-5-13/h1,3-5H,(H,12,13). The molecule has 0 bridgehead atoms.